The van der Waals surface area contributed by atoms with Crippen LogP contribution in [0.4, 0.5) is 0 Å². The normalized spacial score (nSPS) is 10.3. The van der Waals surface area contributed by atoms with Crippen LogP contribution in [0.25, 0.3) is 10.8 Å². The van der Waals surface area contributed by atoms with Crippen LogP contribution in [-0.2, 0) is 0 Å². The van der Waals surface area contributed by atoms with Crippen molar-refractivity contribution in [1.29, 1.82) is 0 Å². The highest BCUT2D eigenvalue weighted by molar-refractivity contribution is 6.02. The fourth-order valence-corrected chi connectivity index (χ4v) is 2.15. The summed E-state index contributed by atoms with van der Waals surface area (Å²) >= 11 is 0. The molecule has 5 heteroatoms. The molecule has 0 aliphatic rings. The lowest BCUT2D eigenvalue weighted by Crippen LogP contribution is -1.98. The Labute approximate surface area is 111 Å². The Balaban J connectivity index is 2.99. The van der Waals surface area contributed by atoms with E-state index >= 15 is 0 Å². The van der Waals surface area contributed by atoms with Crippen LogP contribution in [0.2, 0.25) is 0 Å². The van der Waals surface area contributed by atoms with Gasteiger partial charge in [0.25, 0.3) is 0 Å². The average molecular weight is 264 g/mol. The number of methoxy groups -OCH3 is 4. The maximum absolute atomic E-state index is 10.3. The molecule has 0 aliphatic heterocycles. The van der Waals surface area contributed by atoms with Crippen LogP contribution in [0.5, 0.6) is 28.7 Å². The van der Waals surface area contributed by atoms with E-state index in [9.17, 15) is 5.11 Å². The standard InChI is InChI=1S/C14H16O5/c1-16-9-7-5-6-8-10(9)12(17-2)14(19-4)13(18-3)11(8)15/h5-7,15H,1-4H3. The molecule has 0 amide bonds. The summed E-state index contributed by atoms with van der Waals surface area (Å²) in [6.45, 7) is 0. The molecule has 0 aromatic heterocycles. The number of hydrogen-bond acceptors (Lipinski definition) is 5. The van der Waals surface area contributed by atoms with Crippen molar-refractivity contribution in [3.05, 3.63) is 18.2 Å². The number of rotatable bonds is 4. The first kappa shape index (κ1) is 13.1. The molecule has 0 spiro atoms. The minimum Gasteiger partial charge on any atom is -0.504 e. The minimum atomic E-state index is -0.00551. The second-order valence-corrected chi connectivity index (χ2v) is 3.83. The number of phenols is 1. The summed E-state index contributed by atoms with van der Waals surface area (Å²) in [5.41, 5.74) is 0. The van der Waals surface area contributed by atoms with Gasteiger partial charge < -0.3 is 24.1 Å². The maximum Gasteiger partial charge on any atom is 0.208 e. The molecule has 0 saturated heterocycles. The lowest BCUT2D eigenvalue weighted by Gasteiger charge is -2.18. The van der Waals surface area contributed by atoms with Crippen LogP contribution in [0.1, 0.15) is 0 Å². The molecule has 0 fully saturated rings. The van der Waals surface area contributed by atoms with E-state index in [1.54, 1.807) is 25.3 Å². The largest absolute Gasteiger partial charge is 0.504 e. The molecule has 0 unspecified atom stereocenters. The highest BCUT2D eigenvalue weighted by atomic mass is 16.5. The summed E-state index contributed by atoms with van der Waals surface area (Å²) < 4.78 is 21.2. The summed E-state index contributed by atoms with van der Waals surface area (Å²) in [4.78, 5) is 0. The van der Waals surface area contributed by atoms with Crippen molar-refractivity contribution in [2.24, 2.45) is 0 Å². The van der Waals surface area contributed by atoms with E-state index in [2.05, 4.69) is 0 Å². The highest BCUT2D eigenvalue weighted by Crippen LogP contribution is 2.52. The van der Waals surface area contributed by atoms with Crippen LogP contribution in [0.15, 0.2) is 18.2 Å². The number of aromatic hydroxyl groups is 1. The molecule has 2 aromatic carbocycles. The zero-order valence-corrected chi connectivity index (χ0v) is 11.3. The predicted octanol–water partition coefficient (Wildman–Crippen LogP) is 2.58. The molecule has 102 valence electrons. The molecule has 1 N–H and O–H groups in total. The van der Waals surface area contributed by atoms with E-state index in [0.29, 0.717) is 28.0 Å². The van der Waals surface area contributed by atoms with Crippen molar-refractivity contribution in [3.63, 3.8) is 0 Å². The van der Waals surface area contributed by atoms with Gasteiger partial charge in [0.05, 0.1) is 33.8 Å². The van der Waals surface area contributed by atoms with Gasteiger partial charge in [0, 0.05) is 5.39 Å². The van der Waals surface area contributed by atoms with E-state index in [4.69, 9.17) is 18.9 Å². The van der Waals surface area contributed by atoms with Gasteiger partial charge in [0.2, 0.25) is 11.5 Å². The van der Waals surface area contributed by atoms with Crippen molar-refractivity contribution in [3.8, 4) is 28.7 Å². The zero-order chi connectivity index (χ0) is 14.0. The average Bonchev–Trinajstić information content (AvgIpc) is 2.46. The number of phenolic OH excluding ortho intramolecular Hbond substituents is 1. The Bertz CT molecular complexity index is 607. The summed E-state index contributed by atoms with van der Waals surface area (Å²) in [7, 11) is 6.03. The monoisotopic (exact) mass is 264 g/mol. The number of ether oxygens (including phenoxy) is 4. The van der Waals surface area contributed by atoms with Gasteiger partial charge in [-0.1, -0.05) is 12.1 Å². The molecule has 0 aliphatic carbocycles. The third kappa shape index (κ3) is 1.87. The van der Waals surface area contributed by atoms with Crippen molar-refractivity contribution in [2.75, 3.05) is 28.4 Å². The van der Waals surface area contributed by atoms with Gasteiger partial charge in [-0.2, -0.15) is 0 Å². The van der Waals surface area contributed by atoms with E-state index in [-0.39, 0.29) is 11.5 Å². The molecule has 2 rings (SSSR count). The lowest BCUT2D eigenvalue weighted by atomic mass is 10.1. The highest BCUT2D eigenvalue weighted by Gasteiger charge is 2.23. The van der Waals surface area contributed by atoms with Gasteiger partial charge in [-0.15, -0.1) is 0 Å². The molecule has 0 atom stereocenters. The van der Waals surface area contributed by atoms with Crippen LogP contribution < -0.4 is 18.9 Å². The Morgan fingerprint density at radius 2 is 1.42 bits per heavy atom. The van der Waals surface area contributed by atoms with Gasteiger partial charge in [0.15, 0.2) is 11.5 Å². The number of hydrogen-bond donors (Lipinski definition) is 1. The summed E-state index contributed by atoms with van der Waals surface area (Å²) in [5.74, 6) is 1.61. The SMILES string of the molecule is COc1c(OC)c(OC)c2c(OC)cccc2c1O. The van der Waals surface area contributed by atoms with Crippen LogP contribution in [-0.4, -0.2) is 33.5 Å². The Morgan fingerprint density at radius 3 is 1.95 bits per heavy atom. The summed E-state index contributed by atoms with van der Waals surface area (Å²) in [6.07, 6.45) is 0. The van der Waals surface area contributed by atoms with Gasteiger partial charge in [0.1, 0.15) is 5.75 Å². The number of benzene rings is 2. The van der Waals surface area contributed by atoms with Gasteiger partial charge >= 0.3 is 0 Å². The molecule has 0 heterocycles. The van der Waals surface area contributed by atoms with E-state index in [1.165, 1.54) is 21.3 Å². The smallest absolute Gasteiger partial charge is 0.208 e. The molecule has 5 nitrogen and oxygen atoms in total. The second-order valence-electron chi connectivity index (χ2n) is 3.83. The first-order chi connectivity index (χ1) is 9.19. The fraction of sp³-hybridized carbons (Fsp3) is 0.286. The van der Waals surface area contributed by atoms with Crippen molar-refractivity contribution in [2.45, 2.75) is 0 Å². The second kappa shape index (κ2) is 5.14. The fourth-order valence-electron chi connectivity index (χ4n) is 2.15. The van der Waals surface area contributed by atoms with E-state index in [0.717, 1.165) is 0 Å². The Kier molecular flexibility index (Phi) is 3.55. The van der Waals surface area contributed by atoms with Crippen LogP contribution in [0.3, 0.4) is 0 Å². The molecular formula is C14H16O5. The third-order valence-electron chi connectivity index (χ3n) is 2.97. The van der Waals surface area contributed by atoms with Crippen molar-refractivity contribution >= 4 is 10.8 Å². The minimum absolute atomic E-state index is 0.00551. The third-order valence-corrected chi connectivity index (χ3v) is 2.97. The quantitative estimate of drug-likeness (QED) is 0.919. The molecule has 19 heavy (non-hydrogen) atoms. The molecule has 0 bridgehead atoms. The summed E-state index contributed by atoms with van der Waals surface area (Å²) in [5, 5.41) is 11.5. The Morgan fingerprint density at radius 1 is 0.789 bits per heavy atom. The topological polar surface area (TPSA) is 57.2 Å². The van der Waals surface area contributed by atoms with Crippen LogP contribution >= 0.6 is 0 Å². The number of fused-ring (bicyclic) bond motifs is 1. The van der Waals surface area contributed by atoms with Crippen molar-refractivity contribution in [1.82, 2.24) is 0 Å². The first-order valence-corrected chi connectivity index (χ1v) is 5.67. The zero-order valence-electron chi connectivity index (χ0n) is 11.3. The van der Waals surface area contributed by atoms with E-state index < -0.39 is 0 Å². The van der Waals surface area contributed by atoms with Gasteiger partial charge in [-0.05, 0) is 6.07 Å². The summed E-state index contributed by atoms with van der Waals surface area (Å²) in [6, 6.07) is 5.33. The molecule has 2 aromatic rings. The predicted molar refractivity (Wildman–Crippen MR) is 71.8 cm³/mol. The maximum atomic E-state index is 10.3. The molecular weight excluding hydrogens is 248 g/mol. The first-order valence-electron chi connectivity index (χ1n) is 5.67. The van der Waals surface area contributed by atoms with Crippen LogP contribution in [0, 0.1) is 0 Å². The van der Waals surface area contributed by atoms with Crippen molar-refractivity contribution < 1.29 is 24.1 Å². The van der Waals surface area contributed by atoms with Gasteiger partial charge in [-0.3, -0.25) is 0 Å². The Hall–Kier alpha value is -2.30. The molecule has 0 saturated carbocycles. The van der Waals surface area contributed by atoms with E-state index in [1.807, 2.05) is 0 Å². The molecule has 0 radical (unpaired) electrons. The lowest BCUT2D eigenvalue weighted by molar-refractivity contribution is 0.313. The van der Waals surface area contributed by atoms with Gasteiger partial charge in [-0.25, -0.2) is 0 Å².